The predicted molar refractivity (Wildman–Crippen MR) is 73.0 cm³/mol. The molecule has 17 heavy (non-hydrogen) atoms. The van der Waals surface area contributed by atoms with Gasteiger partial charge in [0.15, 0.2) is 0 Å². The maximum Gasteiger partial charge on any atom is 0.0947 e. The second-order valence-electron chi connectivity index (χ2n) is 4.04. The lowest BCUT2D eigenvalue weighted by atomic mass is 10.2. The maximum atomic E-state index is 6.18. The van der Waals surface area contributed by atoms with E-state index in [4.69, 9.17) is 16.0 Å². The second-order valence-corrected chi connectivity index (χ2v) is 5.36. The van der Waals surface area contributed by atoms with Gasteiger partial charge in [-0.15, -0.1) is 0 Å². The minimum atomic E-state index is 0.790. The van der Waals surface area contributed by atoms with Gasteiger partial charge in [0.1, 0.15) is 0 Å². The first-order valence-electron chi connectivity index (χ1n) is 5.28. The molecule has 0 N–H and O–H groups in total. The molecule has 1 aromatic carbocycles. The van der Waals surface area contributed by atoms with Gasteiger partial charge in [0, 0.05) is 28.1 Å². The van der Waals surface area contributed by atoms with E-state index < -0.39 is 0 Å². The van der Waals surface area contributed by atoms with Gasteiger partial charge in [0.05, 0.1) is 12.5 Å². The summed E-state index contributed by atoms with van der Waals surface area (Å²) in [6.45, 7) is 1.67. The maximum absolute atomic E-state index is 6.18. The summed E-state index contributed by atoms with van der Waals surface area (Å²) in [6, 6.07) is 7.94. The zero-order valence-corrected chi connectivity index (χ0v) is 11.8. The Morgan fingerprint density at radius 2 is 2.12 bits per heavy atom. The van der Waals surface area contributed by atoms with Crippen LogP contribution in [0.3, 0.4) is 0 Å². The van der Waals surface area contributed by atoms with E-state index >= 15 is 0 Å². The van der Waals surface area contributed by atoms with Crippen LogP contribution in [0.15, 0.2) is 45.7 Å². The number of halogens is 2. The van der Waals surface area contributed by atoms with E-state index in [-0.39, 0.29) is 0 Å². The first-order valence-corrected chi connectivity index (χ1v) is 6.46. The molecule has 2 rings (SSSR count). The third-order valence-electron chi connectivity index (χ3n) is 2.49. The molecule has 0 radical (unpaired) electrons. The molecule has 0 atom stereocenters. The average Bonchev–Trinajstić information content (AvgIpc) is 2.75. The Hall–Kier alpha value is -0.770. The Morgan fingerprint density at radius 3 is 2.76 bits per heavy atom. The van der Waals surface area contributed by atoms with Crippen molar-refractivity contribution >= 4 is 27.5 Å². The number of rotatable bonds is 4. The van der Waals surface area contributed by atoms with E-state index in [1.165, 1.54) is 5.56 Å². The normalized spacial score (nSPS) is 11.1. The van der Waals surface area contributed by atoms with Gasteiger partial charge < -0.3 is 4.42 Å². The quantitative estimate of drug-likeness (QED) is 0.835. The molecule has 0 aliphatic heterocycles. The fourth-order valence-corrected chi connectivity index (χ4v) is 2.42. The molecule has 0 bridgehead atoms. The van der Waals surface area contributed by atoms with Crippen molar-refractivity contribution < 1.29 is 4.42 Å². The molecular weight excluding hydrogens is 302 g/mol. The molecule has 0 aliphatic carbocycles. The second kappa shape index (κ2) is 5.71. The van der Waals surface area contributed by atoms with E-state index in [0.29, 0.717) is 0 Å². The molecule has 0 amide bonds. The summed E-state index contributed by atoms with van der Waals surface area (Å²) in [5.74, 6) is 0. The van der Waals surface area contributed by atoms with E-state index in [9.17, 15) is 0 Å². The third-order valence-corrected chi connectivity index (χ3v) is 3.33. The van der Waals surface area contributed by atoms with Gasteiger partial charge in [-0.1, -0.05) is 33.6 Å². The van der Waals surface area contributed by atoms with Crippen LogP contribution in [0.1, 0.15) is 11.1 Å². The van der Waals surface area contributed by atoms with Crippen LogP contribution in [0, 0.1) is 0 Å². The Morgan fingerprint density at radius 1 is 1.29 bits per heavy atom. The molecule has 0 saturated heterocycles. The highest BCUT2D eigenvalue weighted by Crippen LogP contribution is 2.22. The largest absolute Gasteiger partial charge is 0.472 e. The van der Waals surface area contributed by atoms with Crippen molar-refractivity contribution in [1.29, 1.82) is 0 Å². The van der Waals surface area contributed by atoms with Crippen LogP contribution in [0.4, 0.5) is 0 Å². The lowest BCUT2D eigenvalue weighted by Crippen LogP contribution is -2.17. The van der Waals surface area contributed by atoms with Crippen molar-refractivity contribution in [2.24, 2.45) is 0 Å². The highest BCUT2D eigenvalue weighted by molar-refractivity contribution is 9.10. The van der Waals surface area contributed by atoms with E-state index in [2.05, 4.69) is 27.9 Å². The summed E-state index contributed by atoms with van der Waals surface area (Å²) >= 11 is 9.58. The molecule has 2 nitrogen and oxygen atoms in total. The van der Waals surface area contributed by atoms with Gasteiger partial charge in [0.25, 0.3) is 0 Å². The molecule has 0 unspecified atom stereocenters. The molecule has 0 spiro atoms. The van der Waals surface area contributed by atoms with E-state index in [1.807, 2.05) is 24.3 Å². The molecule has 0 aliphatic rings. The first kappa shape index (κ1) is 12.7. The molecule has 2 aromatic rings. The minimum Gasteiger partial charge on any atom is -0.472 e. The number of hydrogen-bond acceptors (Lipinski definition) is 2. The summed E-state index contributed by atoms with van der Waals surface area (Å²) in [5, 5.41) is 0.790. The van der Waals surface area contributed by atoms with Crippen molar-refractivity contribution in [3.05, 3.63) is 57.4 Å². The smallest absolute Gasteiger partial charge is 0.0947 e. The van der Waals surface area contributed by atoms with Gasteiger partial charge in [-0.25, -0.2) is 0 Å². The SMILES string of the molecule is CN(Cc1ccoc1)Cc1ccc(Br)cc1Cl. The van der Waals surface area contributed by atoms with Gasteiger partial charge in [-0.3, -0.25) is 4.90 Å². The molecule has 0 fully saturated rings. The van der Waals surface area contributed by atoms with Gasteiger partial charge in [0.2, 0.25) is 0 Å². The monoisotopic (exact) mass is 313 g/mol. The first-order chi connectivity index (χ1) is 8.15. The van der Waals surface area contributed by atoms with Gasteiger partial charge >= 0.3 is 0 Å². The highest BCUT2D eigenvalue weighted by atomic mass is 79.9. The summed E-state index contributed by atoms with van der Waals surface area (Å²) in [4.78, 5) is 2.19. The average molecular weight is 315 g/mol. The predicted octanol–water partition coefficient (Wildman–Crippen LogP) is 4.33. The Bertz CT molecular complexity index is 484. The van der Waals surface area contributed by atoms with E-state index in [0.717, 1.165) is 28.1 Å². The standard InChI is InChI=1S/C13H13BrClNO/c1-16(7-10-4-5-17-9-10)8-11-2-3-12(14)6-13(11)15/h2-6,9H,7-8H2,1H3. The molecule has 1 heterocycles. The van der Waals surface area contributed by atoms with Crippen LogP contribution < -0.4 is 0 Å². The molecule has 90 valence electrons. The van der Waals surface area contributed by atoms with Crippen LogP contribution >= 0.6 is 27.5 Å². The molecule has 4 heteroatoms. The van der Waals surface area contributed by atoms with E-state index in [1.54, 1.807) is 12.5 Å². The van der Waals surface area contributed by atoms with Crippen LogP contribution in [0.25, 0.3) is 0 Å². The Labute approximate surface area is 114 Å². The summed E-state index contributed by atoms with van der Waals surface area (Å²) in [6.07, 6.45) is 3.45. The molecular formula is C13H13BrClNO. The van der Waals surface area contributed by atoms with Crippen LogP contribution in [0.2, 0.25) is 5.02 Å². The third kappa shape index (κ3) is 3.60. The number of nitrogens with zero attached hydrogens (tertiary/aromatic N) is 1. The summed E-state index contributed by atoms with van der Waals surface area (Å²) in [5.41, 5.74) is 2.29. The summed E-state index contributed by atoms with van der Waals surface area (Å²) in [7, 11) is 2.06. The van der Waals surface area contributed by atoms with Crippen LogP contribution in [0.5, 0.6) is 0 Å². The fourth-order valence-electron chi connectivity index (χ4n) is 1.69. The highest BCUT2D eigenvalue weighted by Gasteiger charge is 2.06. The number of benzene rings is 1. The lowest BCUT2D eigenvalue weighted by molar-refractivity contribution is 0.318. The Kier molecular flexibility index (Phi) is 4.26. The van der Waals surface area contributed by atoms with Crippen LogP contribution in [-0.4, -0.2) is 11.9 Å². The topological polar surface area (TPSA) is 16.4 Å². The Balaban J connectivity index is 2.00. The zero-order valence-electron chi connectivity index (χ0n) is 9.49. The minimum absolute atomic E-state index is 0.790. The number of hydrogen-bond donors (Lipinski definition) is 0. The van der Waals surface area contributed by atoms with Gasteiger partial charge in [-0.2, -0.15) is 0 Å². The van der Waals surface area contributed by atoms with Crippen molar-refractivity contribution in [3.63, 3.8) is 0 Å². The zero-order chi connectivity index (χ0) is 12.3. The molecule has 1 aromatic heterocycles. The fraction of sp³-hybridized carbons (Fsp3) is 0.231. The number of furan rings is 1. The van der Waals surface area contributed by atoms with Crippen LogP contribution in [-0.2, 0) is 13.1 Å². The van der Waals surface area contributed by atoms with Crippen molar-refractivity contribution in [1.82, 2.24) is 4.90 Å². The molecule has 0 saturated carbocycles. The lowest BCUT2D eigenvalue weighted by Gasteiger charge is -2.16. The summed E-state index contributed by atoms with van der Waals surface area (Å²) < 4.78 is 6.05. The van der Waals surface area contributed by atoms with Crippen molar-refractivity contribution in [2.45, 2.75) is 13.1 Å². The van der Waals surface area contributed by atoms with Crippen molar-refractivity contribution in [3.8, 4) is 0 Å². The van der Waals surface area contributed by atoms with Gasteiger partial charge in [-0.05, 0) is 30.8 Å². The van der Waals surface area contributed by atoms with Crippen molar-refractivity contribution in [2.75, 3.05) is 7.05 Å².